The van der Waals surface area contributed by atoms with Gasteiger partial charge in [0.15, 0.2) is 5.13 Å². The number of esters is 1. The van der Waals surface area contributed by atoms with Gasteiger partial charge in [0.05, 0.1) is 18.7 Å². The number of thioether (sulfide) groups is 1. The van der Waals surface area contributed by atoms with Crippen molar-refractivity contribution in [2.75, 3.05) is 23.4 Å². The highest BCUT2D eigenvalue weighted by Gasteiger charge is 2.10. The Morgan fingerprint density at radius 2 is 2.19 bits per heavy atom. The monoisotopic (exact) mass is 330 g/mol. The summed E-state index contributed by atoms with van der Waals surface area (Å²) in [5.41, 5.74) is 0.631. The predicted octanol–water partition coefficient (Wildman–Crippen LogP) is 3.11. The topological polar surface area (TPSA) is 68.3 Å². The molecule has 1 heterocycles. The van der Waals surface area contributed by atoms with Crippen molar-refractivity contribution in [3.8, 4) is 0 Å². The molecule has 118 valence electrons. The number of amides is 1. The first-order valence-corrected chi connectivity index (χ1v) is 9.16. The van der Waals surface area contributed by atoms with Crippen molar-refractivity contribution in [3.63, 3.8) is 0 Å². The third-order valence-electron chi connectivity index (χ3n) is 2.54. The van der Waals surface area contributed by atoms with Gasteiger partial charge < -0.3 is 10.1 Å². The van der Waals surface area contributed by atoms with Crippen molar-refractivity contribution < 1.29 is 14.3 Å². The Labute approximate surface area is 133 Å². The lowest BCUT2D eigenvalue weighted by Gasteiger charge is -2.02. The summed E-state index contributed by atoms with van der Waals surface area (Å²) in [5, 5.41) is 5.07. The van der Waals surface area contributed by atoms with Gasteiger partial charge in [-0.1, -0.05) is 13.3 Å². The first kappa shape index (κ1) is 18.0. The number of nitrogens with one attached hydrogen (secondary N) is 1. The van der Waals surface area contributed by atoms with Crippen LogP contribution in [0.3, 0.4) is 0 Å². The maximum atomic E-state index is 11.7. The molecule has 0 aliphatic carbocycles. The second-order valence-corrected chi connectivity index (χ2v) is 6.47. The minimum absolute atomic E-state index is 0.0315. The molecule has 0 radical (unpaired) electrons. The number of thiazole rings is 1. The Morgan fingerprint density at radius 3 is 2.90 bits per heavy atom. The molecule has 1 aromatic rings. The van der Waals surface area contributed by atoms with Gasteiger partial charge in [0.1, 0.15) is 0 Å². The van der Waals surface area contributed by atoms with Crippen molar-refractivity contribution in [1.82, 2.24) is 4.98 Å². The fourth-order valence-electron chi connectivity index (χ4n) is 1.50. The van der Waals surface area contributed by atoms with E-state index in [2.05, 4.69) is 17.2 Å². The molecule has 5 nitrogen and oxygen atoms in total. The van der Waals surface area contributed by atoms with Crippen LogP contribution in [0.4, 0.5) is 5.13 Å². The third kappa shape index (κ3) is 8.06. The molecule has 1 aromatic heterocycles. The minimum atomic E-state index is -0.298. The second kappa shape index (κ2) is 10.6. The number of carbonyl (C=O) groups is 2. The maximum Gasteiger partial charge on any atom is 0.311 e. The predicted molar refractivity (Wildman–Crippen MR) is 87.9 cm³/mol. The number of unbranched alkanes of at least 4 members (excludes halogenated alkanes) is 1. The molecule has 0 aliphatic heterocycles. The zero-order valence-electron chi connectivity index (χ0n) is 12.5. The van der Waals surface area contributed by atoms with E-state index in [-0.39, 0.29) is 18.3 Å². The number of carbonyl (C=O) groups excluding carboxylic acids is 2. The van der Waals surface area contributed by atoms with Gasteiger partial charge in [0, 0.05) is 17.6 Å². The molecule has 0 spiro atoms. The Balaban J connectivity index is 2.27. The molecule has 1 rings (SSSR count). The van der Waals surface area contributed by atoms with Crippen LogP contribution in [0.5, 0.6) is 0 Å². The molecule has 0 unspecified atom stereocenters. The first-order valence-electron chi connectivity index (χ1n) is 7.13. The van der Waals surface area contributed by atoms with Crippen LogP contribution < -0.4 is 5.32 Å². The molecule has 0 saturated carbocycles. The summed E-state index contributed by atoms with van der Waals surface area (Å²) < 4.78 is 4.86. The lowest BCUT2D eigenvalue weighted by atomic mass is 10.3. The van der Waals surface area contributed by atoms with E-state index in [0.29, 0.717) is 23.9 Å². The number of hydrogen-bond acceptors (Lipinski definition) is 6. The molecule has 21 heavy (non-hydrogen) atoms. The average molecular weight is 330 g/mol. The summed E-state index contributed by atoms with van der Waals surface area (Å²) in [6.07, 6.45) is 3.01. The fraction of sp³-hybridized carbons (Fsp3) is 0.643. The van der Waals surface area contributed by atoms with Gasteiger partial charge in [-0.15, -0.1) is 11.3 Å². The van der Waals surface area contributed by atoms with E-state index in [0.717, 1.165) is 11.5 Å². The van der Waals surface area contributed by atoms with Crippen LogP contribution >= 0.6 is 23.1 Å². The van der Waals surface area contributed by atoms with E-state index < -0.39 is 0 Å². The molecule has 0 aliphatic rings. The maximum absolute atomic E-state index is 11.7. The van der Waals surface area contributed by atoms with Gasteiger partial charge in [0.2, 0.25) is 5.91 Å². The Kier molecular flexibility index (Phi) is 9.09. The van der Waals surface area contributed by atoms with E-state index in [4.69, 9.17) is 4.74 Å². The first-order chi connectivity index (χ1) is 10.2. The van der Waals surface area contributed by atoms with Gasteiger partial charge >= 0.3 is 5.97 Å². The molecular weight excluding hydrogens is 308 g/mol. The lowest BCUT2D eigenvalue weighted by molar-refractivity contribution is -0.142. The van der Waals surface area contributed by atoms with Crippen molar-refractivity contribution in [1.29, 1.82) is 0 Å². The summed E-state index contributed by atoms with van der Waals surface area (Å²) in [5.74, 6) is 1.60. The number of rotatable bonds is 10. The SMILES string of the molecule is CCCCSCCC(=O)Nc1nc(CC(=O)OCC)cs1. The average Bonchev–Trinajstić information content (AvgIpc) is 2.85. The Bertz CT molecular complexity index is 449. The zero-order valence-corrected chi connectivity index (χ0v) is 14.1. The smallest absolute Gasteiger partial charge is 0.311 e. The number of anilines is 1. The van der Waals surface area contributed by atoms with E-state index in [9.17, 15) is 9.59 Å². The molecule has 1 N–H and O–H groups in total. The highest BCUT2D eigenvalue weighted by molar-refractivity contribution is 7.99. The van der Waals surface area contributed by atoms with Crippen LogP contribution in [0, 0.1) is 0 Å². The fourth-order valence-corrected chi connectivity index (χ4v) is 3.25. The van der Waals surface area contributed by atoms with Crippen LogP contribution in [-0.2, 0) is 20.7 Å². The highest BCUT2D eigenvalue weighted by Crippen LogP contribution is 2.16. The van der Waals surface area contributed by atoms with Crippen LogP contribution in [-0.4, -0.2) is 35.0 Å². The minimum Gasteiger partial charge on any atom is -0.466 e. The van der Waals surface area contributed by atoms with Gasteiger partial charge in [0.25, 0.3) is 0 Å². The molecule has 0 aromatic carbocycles. The molecule has 1 amide bonds. The van der Waals surface area contributed by atoms with Crippen LogP contribution in [0.1, 0.15) is 38.8 Å². The quantitative estimate of drug-likeness (QED) is 0.527. The van der Waals surface area contributed by atoms with Crippen molar-refractivity contribution in [3.05, 3.63) is 11.1 Å². The van der Waals surface area contributed by atoms with Gasteiger partial charge in [-0.25, -0.2) is 4.98 Å². The molecule has 0 saturated heterocycles. The lowest BCUT2D eigenvalue weighted by Crippen LogP contribution is -2.12. The number of ether oxygens (including phenoxy) is 1. The van der Waals surface area contributed by atoms with Crippen LogP contribution in [0.15, 0.2) is 5.38 Å². The van der Waals surface area contributed by atoms with Crippen LogP contribution in [0.2, 0.25) is 0 Å². The summed E-state index contributed by atoms with van der Waals surface area (Å²) in [6.45, 7) is 4.29. The molecular formula is C14H22N2O3S2. The zero-order chi connectivity index (χ0) is 15.5. The molecule has 0 bridgehead atoms. The van der Waals surface area contributed by atoms with E-state index in [1.807, 2.05) is 0 Å². The van der Waals surface area contributed by atoms with Crippen LogP contribution in [0.25, 0.3) is 0 Å². The second-order valence-electron chi connectivity index (χ2n) is 4.39. The number of aromatic nitrogens is 1. The molecule has 7 heteroatoms. The van der Waals surface area contributed by atoms with E-state index in [1.54, 1.807) is 24.1 Å². The number of nitrogens with zero attached hydrogens (tertiary/aromatic N) is 1. The summed E-state index contributed by atoms with van der Waals surface area (Å²) in [4.78, 5) is 27.3. The summed E-state index contributed by atoms with van der Waals surface area (Å²) >= 11 is 3.12. The normalized spacial score (nSPS) is 10.4. The standard InChI is InChI=1S/C14H22N2O3S2/c1-3-5-7-20-8-6-12(17)16-14-15-11(10-21-14)9-13(18)19-4-2/h10H,3-9H2,1-2H3,(H,15,16,17). The van der Waals surface area contributed by atoms with Crippen molar-refractivity contribution in [2.24, 2.45) is 0 Å². The highest BCUT2D eigenvalue weighted by atomic mass is 32.2. The summed E-state index contributed by atoms with van der Waals surface area (Å²) in [7, 11) is 0. The van der Waals surface area contributed by atoms with Gasteiger partial charge in [-0.3, -0.25) is 9.59 Å². The Morgan fingerprint density at radius 1 is 1.38 bits per heavy atom. The van der Waals surface area contributed by atoms with Gasteiger partial charge in [-0.05, 0) is 19.1 Å². The Hall–Kier alpha value is -1.08. The largest absolute Gasteiger partial charge is 0.466 e. The molecule has 0 atom stereocenters. The third-order valence-corrected chi connectivity index (χ3v) is 4.42. The molecule has 0 fully saturated rings. The van der Waals surface area contributed by atoms with Gasteiger partial charge in [-0.2, -0.15) is 11.8 Å². The number of hydrogen-bond donors (Lipinski definition) is 1. The van der Waals surface area contributed by atoms with Crippen molar-refractivity contribution in [2.45, 2.75) is 39.5 Å². The van der Waals surface area contributed by atoms with E-state index in [1.165, 1.54) is 24.2 Å². The summed E-state index contributed by atoms with van der Waals surface area (Å²) in [6, 6.07) is 0. The van der Waals surface area contributed by atoms with Crippen molar-refractivity contribution >= 4 is 40.1 Å². The van der Waals surface area contributed by atoms with E-state index >= 15 is 0 Å².